The second-order valence-electron chi connectivity index (χ2n) is 8.06. The molecular formula is C25H20Cl2N2O2. The van der Waals surface area contributed by atoms with Gasteiger partial charge in [-0.1, -0.05) is 71.7 Å². The van der Waals surface area contributed by atoms with E-state index in [0.29, 0.717) is 21.5 Å². The van der Waals surface area contributed by atoms with E-state index < -0.39 is 0 Å². The predicted octanol–water partition coefficient (Wildman–Crippen LogP) is 5.78. The number of fused-ring (bicyclic) bond motifs is 2. The van der Waals surface area contributed by atoms with Gasteiger partial charge in [-0.15, -0.1) is 0 Å². The molecule has 2 N–H and O–H groups in total. The molecule has 0 saturated carbocycles. The van der Waals surface area contributed by atoms with Crippen molar-refractivity contribution in [2.24, 2.45) is 0 Å². The molecule has 0 spiro atoms. The van der Waals surface area contributed by atoms with Crippen LogP contribution in [0.3, 0.4) is 0 Å². The van der Waals surface area contributed by atoms with Gasteiger partial charge in [-0.25, -0.2) is 0 Å². The lowest BCUT2D eigenvalue weighted by molar-refractivity contribution is 0.295. The molecule has 6 heteroatoms. The number of hydrogen-bond acceptors (Lipinski definition) is 3. The maximum absolute atomic E-state index is 12.9. The van der Waals surface area contributed by atoms with Crippen molar-refractivity contribution < 1.29 is 5.11 Å². The molecule has 1 aliphatic rings. The number of hydrogen-bond donors (Lipinski definition) is 2. The van der Waals surface area contributed by atoms with Crippen molar-refractivity contribution in [3.8, 4) is 16.9 Å². The average molecular weight is 451 g/mol. The number of rotatable bonds is 2. The van der Waals surface area contributed by atoms with Crippen LogP contribution in [0.2, 0.25) is 10.0 Å². The Hall–Kier alpha value is -2.79. The van der Waals surface area contributed by atoms with Crippen molar-refractivity contribution in [2.45, 2.75) is 12.5 Å². The Bertz CT molecular complexity index is 1380. The van der Waals surface area contributed by atoms with Crippen LogP contribution in [-0.4, -0.2) is 28.6 Å². The van der Waals surface area contributed by atoms with Gasteiger partial charge in [0.25, 0.3) is 5.56 Å². The minimum Gasteiger partial charge on any atom is -0.506 e. The standard InChI is InChI=1S/C25H20Cl2N2O2/c1-29-12-16-5-2-3-8-18(16)19(13-29)14-6-4-7-15(9-14)22-24(30)23-20(27)10-17(26)11-21(23)28-25(22)31/h2-11,19H,12-13H2,1H3,(H2,28,30,31)/t19-/m1/s1. The summed E-state index contributed by atoms with van der Waals surface area (Å²) in [6, 6.07) is 19.4. The maximum Gasteiger partial charge on any atom is 0.260 e. The van der Waals surface area contributed by atoms with E-state index in [1.165, 1.54) is 11.1 Å². The van der Waals surface area contributed by atoms with Crippen LogP contribution < -0.4 is 5.56 Å². The zero-order valence-electron chi connectivity index (χ0n) is 16.8. The summed E-state index contributed by atoms with van der Waals surface area (Å²) in [7, 11) is 2.11. The molecular weight excluding hydrogens is 431 g/mol. The maximum atomic E-state index is 12.9. The molecule has 0 bridgehead atoms. The van der Waals surface area contributed by atoms with Crippen molar-refractivity contribution >= 4 is 34.1 Å². The number of aromatic amines is 1. The Balaban J connectivity index is 1.67. The highest BCUT2D eigenvalue weighted by Gasteiger charge is 2.25. The van der Waals surface area contributed by atoms with Crippen LogP contribution in [0.15, 0.2) is 65.5 Å². The first-order valence-corrected chi connectivity index (χ1v) is 10.8. The SMILES string of the molecule is CN1Cc2ccccc2[C@@H](c2cccc(-c3c(O)c4c(Cl)cc(Cl)cc4[nH]c3=O)c2)C1. The fourth-order valence-corrected chi connectivity index (χ4v) is 5.16. The summed E-state index contributed by atoms with van der Waals surface area (Å²) in [6.45, 7) is 1.80. The minimum atomic E-state index is -0.387. The van der Waals surface area contributed by atoms with E-state index >= 15 is 0 Å². The smallest absolute Gasteiger partial charge is 0.260 e. The molecule has 0 saturated heterocycles. The number of benzene rings is 3. The lowest BCUT2D eigenvalue weighted by Gasteiger charge is -2.32. The molecule has 0 amide bonds. The van der Waals surface area contributed by atoms with Crippen molar-refractivity contribution in [2.75, 3.05) is 13.6 Å². The molecule has 0 fully saturated rings. The molecule has 31 heavy (non-hydrogen) atoms. The van der Waals surface area contributed by atoms with Gasteiger partial charge in [0.1, 0.15) is 5.75 Å². The number of H-pyrrole nitrogens is 1. The van der Waals surface area contributed by atoms with E-state index in [1.807, 2.05) is 18.2 Å². The molecule has 0 aliphatic carbocycles. The molecule has 1 aliphatic heterocycles. The molecule has 156 valence electrons. The predicted molar refractivity (Wildman–Crippen MR) is 126 cm³/mol. The lowest BCUT2D eigenvalue weighted by Crippen LogP contribution is -2.30. The largest absolute Gasteiger partial charge is 0.506 e. The van der Waals surface area contributed by atoms with E-state index in [-0.39, 0.29) is 27.8 Å². The molecule has 4 nitrogen and oxygen atoms in total. The number of nitrogens with one attached hydrogen (secondary N) is 1. The molecule has 5 rings (SSSR count). The van der Waals surface area contributed by atoms with Crippen LogP contribution in [0.5, 0.6) is 5.75 Å². The fourth-order valence-electron chi connectivity index (χ4n) is 4.58. The number of pyridine rings is 1. The van der Waals surface area contributed by atoms with Crippen molar-refractivity contribution in [1.29, 1.82) is 0 Å². The summed E-state index contributed by atoms with van der Waals surface area (Å²) < 4.78 is 0. The summed E-state index contributed by atoms with van der Waals surface area (Å²) >= 11 is 12.4. The van der Waals surface area contributed by atoms with Gasteiger partial charge in [0.15, 0.2) is 0 Å². The van der Waals surface area contributed by atoms with Gasteiger partial charge in [-0.3, -0.25) is 4.79 Å². The van der Waals surface area contributed by atoms with Crippen LogP contribution in [0, 0.1) is 0 Å². The summed E-state index contributed by atoms with van der Waals surface area (Å²) in [5, 5.41) is 12.1. The molecule has 0 unspecified atom stereocenters. The molecule has 4 aromatic rings. The zero-order valence-corrected chi connectivity index (χ0v) is 18.3. The quantitative estimate of drug-likeness (QED) is 0.406. The Morgan fingerprint density at radius 2 is 1.87 bits per heavy atom. The van der Waals surface area contributed by atoms with E-state index in [4.69, 9.17) is 23.2 Å². The number of likely N-dealkylation sites (N-methyl/N-ethyl adjacent to an activating group) is 1. The first-order chi connectivity index (χ1) is 14.9. The van der Waals surface area contributed by atoms with E-state index in [1.54, 1.807) is 12.1 Å². The molecule has 0 radical (unpaired) electrons. The van der Waals surface area contributed by atoms with E-state index in [2.05, 4.69) is 47.3 Å². The van der Waals surface area contributed by atoms with Gasteiger partial charge in [0.05, 0.1) is 21.5 Å². The second kappa shape index (κ2) is 7.72. The van der Waals surface area contributed by atoms with Crippen molar-refractivity contribution in [3.63, 3.8) is 0 Å². The van der Waals surface area contributed by atoms with Crippen molar-refractivity contribution in [1.82, 2.24) is 9.88 Å². The monoisotopic (exact) mass is 450 g/mol. The molecule has 1 aromatic heterocycles. The highest BCUT2D eigenvalue weighted by Crippen LogP contribution is 2.39. The summed E-state index contributed by atoms with van der Waals surface area (Å²) in [4.78, 5) is 18.0. The van der Waals surface area contributed by atoms with E-state index in [9.17, 15) is 9.90 Å². The molecule has 1 atom stereocenters. The van der Waals surface area contributed by atoms with Crippen molar-refractivity contribution in [3.05, 3.63) is 97.8 Å². The van der Waals surface area contributed by atoms with Gasteiger partial charge in [-0.05, 0) is 41.4 Å². The zero-order chi connectivity index (χ0) is 21.7. The van der Waals surface area contributed by atoms with E-state index in [0.717, 1.165) is 18.7 Å². The number of aromatic hydroxyl groups is 1. The summed E-state index contributed by atoms with van der Waals surface area (Å²) in [5.74, 6) is 0.0395. The van der Waals surface area contributed by atoms with Gasteiger partial charge in [0, 0.05) is 24.0 Å². The van der Waals surface area contributed by atoms with Crippen LogP contribution in [0.25, 0.3) is 22.0 Å². The first-order valence-electron chi connectivity index (χ1n) is 10.0. The summed E-state index contributed by atoms with van der Waals surface area (Å²) in [5.41, 5.74) is 4.57. The number of aromatic nitrogens is 1. The third-order valence-electron chi connectivity index (χ3n) is 5.95. The highest BCUT2D eigenvalue weighted by atomic mass is 35.5. The molecule has 2 heterocycles. The van der Waals surface area contributed by atoms with Gasteiger partial charge in [0.2, 0.25) is 0 Å². The third-order valence-corrected chi connectivity index (χ3v) is 6.46. The van der Waals surface area contributed by atoms with Crippen LogP contribution in [-0.2, 0) is 6.54 Å². The second-order valence-corrected chi connectivity index (χ2v) is 8.91. The van der Waals surface area contributed by atoms with Gasteiger partial charge < -0.3 is 15.0 Å². The van der Waals surface area contributed by atoms with Crippen LogP contribution >= 0.6 is 23.2 Å². The Morgan fingerprint density at radius 3 is 2.71 bits per heavy atom. The topological polar surface area (TPSA) is 56.3 Å². The minimum absolute atomic E-state index is 0.140. The molecule has 3 aromatic carbocycles. The van der Waals surface area contributed by atoms with Gasteiger partial charge in [-0.2, -0.15) is 0 Å². The fraction of sp³-hybridized carbons (Fsp3) is 0.160. The van der Waals surface area contributed by atoms with Gasteiger partial charge >= 0.3 is 0 Å². The normalized spacial score (nSPS) is 16.4. The number of nitrogens with zero attached hydrogens (tertiary/aromatic N) is 1. The first kappa shape index (κ1) is 20.1. The Kier molecular flexibility index (Phi) is 5.01. The Labute approximate surface area is 189 Å². The van der Waals surface area contributed by atoms with Crippen LogP contribution in [0.1, 0.15) is 22.6 Å². The lowest BCUT2D eigenvalue weighted by atomic mass is 9.84. The number of halogens is 2. The Morgan fingerprint density at radius 1 is 1.06 bits per heavy atom. The summed E-state index contributed by atoms with van der Waals surface area (Å²) in [6.07, 6.45) is 0. The van der Waals surface area contributed by atoms with Crippen LogP contribution in [0.4, 0.5) is 0 Å². The third kappa shape index (κ3) is 3.51. The highest BCUT2D eigenvalue weighted by molar-refractivity contribution is 6.39. The average Bonchev–Trinajstić information content (AvgIpc) is 2.72.